The lowest BCUT2D eigenvalue weighted by atomic mass is 10.2. The Morgan fingerprint density at radius 2 is 1.61 bits per heavy atom. The van der Waals surface area contributed by atoms with Gasteiger partial charge in [-0.15, -0.1) is 0 Å². The third-order valence-corrected chi connectivity index (χ3v) is 8.63. The van der Waals surface area contributed by atoms with Gasteiger partial charge in [0.1, 0.15) is 17.2 Å². The SMILES string of the molecule is CN1CCN(CCCCCOc2cccc(N3C(=O)/C(=C/c4ccc(Oc5ccc(Cl)cc5)cc4)SC3=S)c2)CC1. The maximum absolute atomic E-state index is 13.3. The maximum Gasteiger partial charge on any atom is 0.270 e. The summed E-state index contributed by atoms with van der Waals surface area (Å²) >= 11 is 12.8. The summed E-state index contributed by atoms with van der Waals surface area (Å²) in [6, 6.07) is 22.4. The molecule has 3 aromatic rings. The highest BCUT2D eigenvalue weighted by Crippen LogP contribution is 2.37. The molecule has 2 heterocycles. The maximum atomic E-state index is 13.3. The number of ether oxygens (including phenoxy) is 2. The molecule has 9 heteroatoms. The van der Waals surface area contributed by atoms with Gasteiger partial charge in [0.25, 0.3) is 5.91 Å². The van der Waals surface area contributed by atoms with Crippen LogP contribution in [0.1, 0.15) is 24.8 Å². The summed E-state index contributed by atoms with van der Waals surface area (Å²) in [6.07, 6.45) is 5.19. The highest BCUT2D eigenvalue weighted by Gasteiger charge is 2.33. The van der Waals surface area contributed by atoms with Crippen LogP contribution in [-0.4, -0.2) is 66.4 Å². The summed E-state index contributed by atoms with van der Waals surface area (Å²) < 4.78 is 12.4. The summed E-state index contributed by atoms with van der Waals surface area (Å²) in [5.74, 6) is 2.01. The molecule has 41 heavy (non-hydrogen) atoms. The molecule has 5 rings (SSSR count). The van der Waals surface area contributed by atoms with E-state index in [2.05, 4.69) is 16.8 Å². The average molecular weight is 608 g/mol. The van der Waals surface area contributed by atoms with E-state index >= 15 is 0 Å². The van der Waals surface area contributed by atoms with Crippen molar-refractivity contribution in [1.82, 2.24) is 9.80 Å². The fourth-order valence-electron chi connectivity index (χ4n) is 4.70. The van der Waals surface area contributed by atoms with E-state index in [9.17, 15) is 4.79 Å². The second kappa shape index (κ2) is 14.3. The van der Waals surface area contributed by atoms with Crippen LogP contribution in [0.3, 0.4) is 0 Å². The Morgan fingerprint density at radius 3 is 2.34 bits per heavy atom. The number of amides is 1. The number of anilines is 1. The van der Waals surface area contributed by atoms with E-state index in [0.29, 0.717) is 32.4 Å². The quantitative estimate of drug-likeness (QED) is 0.128. The first-order chi connectivity index (χ1) is 19.9. The first-order valence-electron chi connectivity index (χ1n) is 13.9. The summed E-state index contributed by atoms with van der Waals surface area (Å²) in [7, 11) is 2.19. The predicted molar refractivity (Wildman–Crippen MR) is 173 cm³/mol. The minimum absolute atomic E-state index is 0.137. The fraction of sp³-hybridized carbons (Fsp3) is 0.312. The van der Waals surface area contributed by atoms with E-state index in [-0.39, 0.29) is 5.91 Å². The van der Waals surface area contributed by atoms with E-state index in [1.54, 1.807) is 17.0 Å². The zero-order valence-electron chi connectivity index (χ0n) is 23.1. The number of benzene rings is 3. The first-order valence-corrected chi connectivity index (χ1v) is 15.5. The van der Waals surface area contributed by atoms with Crippen LogP contribution in [0, 0.1) is 0 Å². The number of carbonyl (C=O) groups is 1. The number of hydrogen-bond acceptors (Lipinski definition) is 7. The lowest BCUT2D eigenvalue weighted by molar-refractivity contribution is -0.113. The molecular formula is C32H34ClN3O3S2. The molecule has 2 saturated heterocycles. The number of thioether (sulfide) groups is 1. The second-order valence-electron chi connectivity index (χ2n) is 10.2. The van der Waals surface area contributed by atoms with Crippen molar-refractivity contribution in [1.29, 1.82) is 0 Å². The van der Waals surface area contributed by atoms with Gasteiger partial charge in [-0.05, 0) is 93.0 Å². The van der Waals surface area contributed by atoms with Crippen molar-refractivity contribution < 1.29 is 14.3 Å². The van der Waals surface area contributed by atoms with E-state index in [4.69, 9.17) is 33.3 Å². The Morgan fingerprint density at radius 1 is 0.902 bits per heavy atom. The van der Waals surface area contributed by atoms with E-state index < -0.39 is 0 Å². The van der Waals surface area contributed by atoms with Gasteiger partial charge in [-0.1, -0.05) is 53.8 Å². The molecule has 0 radical (unpaired) electrons. The molecule has 2 aliphatic rings. The summed E-state index contributed by atoms with van der Waals surface area (Å²) in [5.41, 5.74) is 1.61. The molecule has 1 amide bonds. The summed E-state index contributed by atoms with van der Waals surface area (Å²) in [4.78, 5) is 20.4. The average Bonchev–Trinajstić information content (AvgIpc) is 3.26. The van der Waals surface area contributed by atoms with Crippen LogP contribution < -0.4 is 14.4 Å². The van der Waals surface area contributed by atoms with Crippen LogP contribution in [0.4, 0.5) is 5.69 Å². The molecule has 6 nitrogen and oxygen atoms in total. The van der Waals surface area contributed by atoms with Gasteiger partial charge in [0.2, 0.25) is 0 Å². The van der Waals surface area contributed by atoms with Gasteiger partial charge >= 0.3 is 0 Å². The number of rotatable bonds is 11. The minimum atomic E-state index is -0.137. The molecule has 2 fully saturated rings. The molecule has 0 spiro atoms. The van der Waals surface area contributed by atoms with Crippen LogP contribution in [0.15, 0.2) is 77.7 Å². The Hall–Kier alpha value is -2.88. The van der Waals surface area contributed by atoms with Crippen molar-refractivity contribution in [3.05, 3.63) is 88.3 Å². The Kier molecular flexibility index (Phi) is 10.4. The standard InChI is InChI=1S/C32H34ClN3O3S2/c1-34-17-19-35(20-18-34)16-3-2-4-21-38-29-7-5-6-26(23-29)36-31(37)30(41-32(36)40)22-24-8-12-27(13-9-24)39-28-14-10-25(33)11-15-28/h5-15,22-23H,2-4,16-21H2,1H3/b30-22-. The minimum Gasteiger partial charge on any atom is -0.494 e. The number of unbranched alkanes of at least 4 members (excludes halogenated alkanes) is 2. The number of piperazine rings is 1. The van der Waals surface area contributed by atoms with Crippen molar-refractivity contribution >= 4 is 57.6 Å². The largest absolute Gasteiger partial charge is 0.494 e. The molecule has 0 aliphatic carbocycles. The smallest absolute Gasteiger partial charge is 0.270 e. The van der Waals surface area contributed by atoms with Gasteiger partial charge in [-0.3, -0.25) is 9.69 Å². The van der Waals surface area contributed by atoms with Crippen molar-refractivity contribution in [2.45, 2.75) is 19.3 Å². The third-order valence-electron chi connectivity index (χ3n) is 7.08. The lowest BCUT2D eigenvalue weighted by Gasteiger charge is -2.32. The van der Waals surface area contributed by atoms with E-state index in [1.165, 1.54) is 31.3 Å². The molecule has 2 aliphatic heterocycles. The van der Waals surface area contributed by atoms with E-state index in [1.807, 2.05) is 66.7 Å². The van der Waals surface area contributed by atoms with Gasteiger partial charge in [-0.25, -0.2) is 0 Å². The van der Waals surface area contributed by atoms with Crippen LogP contribution >= 0.6 is 35.6 Å². The highest BCUT2D eigenvalue weighted by atomic mass is 35.5. The van der Waals surface area contributed by atoms with Crippen LogP contribution in [0.2, 0.25) is 5.02 Å². The Labute approximate surface area is 256 Å². The van der Waals surface area contributed by atoms with Crippen LogP contribution in [0.25, 0.3) is 6.08 Å². The number of likely N-dealkylation sites (N-methyl/N-ethyl adjacent to an activating group) is 1. The number of halogens is 1. The monoisotopic (exact) mass is 607 g/mol. The highest BCUT2D eigenvalue weighted by molar-refractivity contribution is 8.27. The van der Waals surface area contributed by atoms with Crippen LogP contribution in [0.5, 0.6) is 17.2 Å². The molecule has 214 valence electrons. The van der Waals surface area contributed by atoms with Crippen molar-refractivity contribution in [2.24, 2.45) is 0 Å². The zero-order valence-corrected chi connectivity index (χ0v) is 25.5. The van der Waals surface area contributed by atoms with Crippen LogP contribution in [-0.2, 0) is 4.79 Å². The van der Waals surface area contributed by atoms with Gasteiger partial charge in [0.05, 0.1) is 17.2 Å². The first kappa shape index (κ1) is 29.6. The molecule has 0 aromatic heterocycles. The fourth-order valence-corrected chi connectivity index (χ4v) is 6.13. The molecule has 0 bridgehead atoms. The second-order valence-corrected chi connectivity index (χ2v) is 12.3. The van der Waals surface area contributed by atoms with E-state index in [0.717, 1.165) is 49.5 Å². The number of nitrogens with zero attached hydrogens (tertiary/aromatic N) is 3. The number of hydrogen-bond donors (Lipinski definition) is 0. The molecule has 0 N–H and O–H groups in total. The normalized spacial score (nSPS) is 17.4. The Balaban J connectivity index is 1.12. The predicted octanol–water partition coefficient (Wildman–Crippen LogP) is 7.33. The number of carbonyl (C=O) groups excluding carboxylic acids is 1. The summed E-state index contributed by atoms with van der Waals surface area (Å²) in [5, 5.41) is 0.659. The van der Waals surface area contributed by atoms with Crippen molar-refractivity contribution in [3.63, 3.8) is 0 Å². The number of thiocarbonyl (C=S) groups is 1. The molecule has 0 atom stereocenters. The molecular weight excluding hydrogens is 574 g/mol. The van der Waals surface area contributed by atoms with Crippen molar-refractivity contribution in [3.8, 4) is 17.2 Å². The van der Waals surface area contributed by atoms with Crippen molar-refractivity contribution in [2.75, 3.05) is 51.3 Å². The zero-order chi connectivity index (χ0) is 28.6. The van der Waals surface area contributed by atoms with Gasteiger partial charge in [0.15, 0.2) is 4.32 Å². The third kappa shape index (κ3) is 8.33. The van der Waals surface area contributed by atoms with Gasteiger partial charge in [0, 0.05) is 37.3 Å². The lowest BCUT2D eigenvalue weighted by Crippen LogP contribution is -2.44. The molecule has 3 aromatic carbocycles. The topological polar surface area (TPSA) is 45.2 Å². The van der Waals surface area contributed by atoms with Gasteiger partial charge < -0.3 is 19.3 Å². The molecule has 0 unspecified atom stereocenters. The van der Waals surface area contributed by atoms with Gasteiger partial charge in [-0.2, -0.15) is 0 Å². The molecule has 0 saturated carbocycles. The summed E-state index contributed by atoms with van der Waals surface area (Å²) in [6.45, 7) is 6.46. The Bertz CT molecular complexity index is 1370.